The number of nitrogens with one attached hydrogen (secondary N) is 1. The number of rotatable bonds is 5. The number of benzene rings is 1. The summed E-state index contributed by atoms with van der Waals surface area (Å²) in [4.78, 5) is 25.8. The lowest BCUT2D eigenvalue weighted by Crippen LogP contribution is -2.42. The maximum absolute atomic E-state index is 12.5. The minimum atomic E-state index is -0.136. The molecule has 5 heteroatoms. The van der Waals surface area contributed by atoms with Crippen LogP contribution in [-0.2, 0) is 4.79 Å². The molecule has 4 nitrogen and oxygen atoms in total. The van der Waals surface area contributed by atoms with Crippen LogP contribution in [0.3, 0.4) is 0 Å². The number of halogens is 1. The molecule has 1 aromatic rings. The number of amides is 2. The van der Waals surface area contributed by atoms with Crippen LogP contribution in [0.1, 0.15) is 36.7 Å². The van der Waals surface area contributed by atoms with Gasteiger partial charge < -0.3 is 10.2 Å². The van der Waals surface area contributed by atoms with E-state index in [0.717, 1.165) is 10.0 Å². The third-order valence-corrected chi connectivity index (χ3v) is 3.38. The standard InChI is InChI=1S/C15H21BrN2O2/c1-5-18(9-14(19)17-10(2)3)15(20)13-8-12(16)7-6-11(13)4/h6-8,10H,5,9H2,1-4H3,(H,17,19). The van der Waals surface area contributed by atoms with Crippen LogP contribution in [0.4, 0.5) is 0 Å². The Kier molecular flexibility index (Phi) is 6.20. The van der Waals surface area contributed by atoms with Gasteiger partial charge in [-0.25, -0.2) is 0 Å². The molecular weight excluding hydrogens is 320 g/mol. The molecule has 1 N–H and O–H groups in total. The number of carbonyl (C=O) groups excluding carboxylic acids is 2. The molecule has 0 fully saturated rings. The van der Waals surface area contributed by atoms with Gasteiger partial charge in [-0.05, 0) is 45.4 Å². The first-order valence-corrected chi connectivity index (χ1v) is 7.49. The number of likely N-dealkylation sites (N-methyl/N-ethyl adjacent to an activating group) is 1. The van der Waals surface area contributed by atoms with Crippen molar-refractivity contribution in [2.45, 2.75) is 33.7 Å². The van der Waals surface area contributed by atoms with E-state index in [4.69, 9.17) is 0 Å². The summed E-state index contributed by atoms with van der Waals surface area (Å²) in [5.41, 5.74) is 1.53. The quantitative estimate of drug-likeness (QED) is 0.895. The summed E-state index contributed by atoms with van der Waals surface area (Å²) in [5, 5.41) is 2.80. The summed E-state index contributed by atoms with van der Waals surface area (Å²) < 4.78 is 0.856. The molecule has 1 rings (SSSR count). The van der Waals surface area contributed by atoms with Crippen LogP contribution in [0.2, 0.25) is 0 Å². The van der Waals surface area contributed by atoms with E-state index in [2.05, 4.69) is 21.2 Å². The van der Waals surface area contributed by atoms with Gasteiger partial charge in [0.2, 0.25) is 5.91 Å². The van der Waals surface area contributed by atoms with Crippen molar-refractivity contribution in [1.29, 1.82) is 0 Å². The van der Waals surface area contributed by atoms with Crippen LogP contribution < -0.4 is 5.32 Å². The molecule has 0 aromatic heterocycles. The second kappa shape index (κ2) is 7.43. The van der Waals surface area contributed by atoms with E-state index >= 15 is 0 Å². The van der Waals surface area contributed by atoms with Crippen molar-refractivity contribution < 1.29 is 9.59 Å². The summed E-state index contributed by atoms with van der Waals surface area (Å²) in [6.45, 7) is 8.13. The number of hydrogen-bond donors (Lipinski definition) is 1. The smallest absolute Gasteiger partial charge is 0.254 e. The molecule has 0 aliphatic heterocycles. The zero-order valence-corrected chi connectivity index (χ0v) is 14.0. The second-order valence-corrected chi connectivity index (χ2v) is 5.92. The lowest BCUT2D eigenvalue weighted by atomic mass is 10.1. The van der Waals surface area contributed by atoms with Crippen molar-refractivity contribution in [3.63, 3.8) is 0 Å². The molecule has 0 saturated heterocycles. The highest BCUT2D eigenvalue weighted by atomic mass is 79.9. The monoisotopic (exact) mass is 340 g/mol. The molecule has 0 spiro atoms. The predicted octanol–water partition coefficient (Wildman–Crippen LogP) is 2.74. The number of hydrogen-bond acceptors (Lipinski definition) is 2. The average Bonchev–Trinajstić information content (AvgIpc) is 2.37. The Morgan fingerprint density at radius 1 is 1.35 bits per heavy atom. The van der Waals surface area contributed by atoms with Gasteiger partial charge in [-0.3, -0.25) is 9.59 Å². The second-order valence-electron chi connectivity index (χ2n) is 5.00. The Bertz CT molecular complexity index is 501. The van der Waals surface area contributed by atoms with Crippen molar-refractivity contribution in [1.82, 2.24) is 10.2 Å². The molecule has 0 atom stereocenters. The largest absolute Gasteiger partial charge is 0.352 e. The van der Waals surface area contributed by atoms with Gasteiger partial charge in [0.15, 0.2) is 0 Å². The van der Waals surface area contributed by atoms with Gasteiger partial charge in [-0.15, -0.1) is 0 Å². The van der Waals surface area contributed by atoms with E-state index in [1.807, 2.05) is 39.8 Å². The molecule has 0 saturated carbocycles. The number of carbonyl (C=O) groups is 2. The first kappa shape index (κ1) is 16.7. The molecule has 1 aromatic carbocycles. The molecule has 20 heavy (non-hydrogen) atoms. The molecule has 0 heterocycles. The van der Waals surface area contributed by atoms with E-state index in [1.165, 1.54) is 0 Å². The highest BCUT2D eigenvalue weighted by Crippen LogP contribution is 2.17. The van der Waals surface area contributed by atoms with E-state index in [9.17, 15) is 9.59 Å². The summed E-state index contributed by atoms with van der Waals surface area (Å²) in [5.74, 6) is -0.256. The van der Waals surface area contributed by atoms with Gasteiger partial charge in [0, 0.05) is 22.6 Å². The van der Waals surface area contributed by atoms with Crippen LogP contribution in [0.5, 0.6) is 0 Å². The lowest BCUT2D eigenvalue weighted by Gasteiger charge is -2.22. The Morgan fingerprint density at radius 3 is 2.55 bits per heavy atom. The Balaban J connectivity index is 2.86. The van der Waals surface area contributed by atoms with E-state index in [1.54, 1.807) is 11.0 Å². The van der Waals surface area contributed by atoms with Gasteiger partial charge in [-0.1, -0.05) is 22.0 Å². The van der Waals surface area contributed by atoms with Crippen LogP contribution in [-0.4, -0.2) is 35.8 Å². The summed E-state index contributed by atoms with van der Waals surface area (Å²) in [6, 6.07) is 5.65. The van der Waals surface area contributed by atoms with Gasteiger partial charge in [0.05, 0.1) is 6.54 Å². The van der Waals surface area contributed by atoms with Crippen LogP contribution in [0.25, 0.3) is 0 Å². The van der Waals surface area contributed by atoms with Gasteiger partial charge in [0.25, 0.3) is 5.91 Å². The SMILES string of the molecule is CCN(CC(=O)NC(C)C)C(=O)c1cc(Br)ccc1C. The zero-order chi connectivity index (χ0) is 15.3. The molecule has 0 aliphatic carbocycles. The third-order valence-electron chi connectivity index (χ3n) is 2.88. The fourth-order valence-electron chi connectivity index (χ4n) is 1.86. The maximum Gasteiger partial charge on any atom is 0.254 e. The third kappa shape index (κ3) is 4.63. The van der Waals surface area contributed by atoms with Gasteiger partial charge in [-0.2, -0.15) is 0 Å². The minimum Gasteiger partial charge on any atom is -0.352 e. The van der Waals surface area contributed by atoms with Crippen molar-refractivity contribution in [3.8, 4) is 0 Å². The molecule has 0 unspecified atom stereocenters. The summed E-state index contributed by atoms with van der Waals surface area (Å²) in [6.07, 6.45) is 0. The van der Waals surface area contributed by atoms with E-state index in [-0.39, 0.29) is 24.4 Å². The van der Waals surface area contributed by atoms with Crippen molar-refractivity contribution in [2.75, 3.05) is 13.1 Å². The molecule has 2 amide bonds. The molecule has 0 aliphatic rings. The van der Waals surface area contributed by atoms with Crippen molar-refractivity contribution in [3.05, 3.63) is 33.8 Å². The molecule has 0 bridgehead atoms. The topological polar surface area (TPSA) is 49.4 Å². The normalized spacial score (nSPS) is 10.5. The Morgan fingerprint density at radius 2 is 2.00 bits per heavy atom. The molecule has 0 radical (unpaired) electrons. The zero-order valence-electron chi connectivity index (χ0n) is 12.4. The van der Waals surface area contributed by atoms with Crippen LogP contribution >= 0.6 is 15.9 Å². The van der Waals surface area contributed by atoms with Gasteiger partial charge in [0.1, 0.15) is 0 Å². The van der Waals surface area contributed by atoms with Crippen molar-refractivity contribution >= 4 is 27.7 Å². The lowest BCUT2D eigenvalue weighted by molar-refractivity contribution is -0.122. The summed E-state index contributed by atoms with van der Waals surface area (Å²) >= 11 is 3.37. The van der Waals surface area contributed by atoms with Crippen molar-refractivity contribution in [2.24, 2.45) is 0 Å². The van der Waals surface area contributed by atoms with E-state index < -0.39 is 0 Å². The number of aryl methyl sites for hydroxylation is 1. The van der Waals surface area contributed by atoms with Crippen LogP contribution in [0, 0.1) is 6.92 Å². The fraction of sp³-hybridized carbons (Fsp3) is 0.467. The first-order valence-electron chi connectivity index (χ1n) is 6.70. The number of nitrogens with zero attached hydrogens (tertiary/aromatic N) is 1. The van der Waals surface area contributed by atoms with Crippen LogP contribution in [0.15, 0.2) is 22.7 Å². The van der Waals surface area contributed by atoms with E-state index in [0.29, 0.717) is 12.1 Å². The Labute approximate surface area is 128 Å². The highest BCUT2D eigenvalue weighted by Gasteiger charge is 2.19. The minimum absolute atomic E-state index is 0.0731. The molecule has 110 valence electrons. The highest BCUT2D eigenvalue weighted by molar-refractivity contribution is 9.10. The molecular formula is C15H21BrN2O2. The first-order chi connectivity index (χ1) is 9.35. The predicted molar refractivity (Wildman–Crippen MR) is 83.7 cm³/mol. The fourth-order valence-corrected chi connectivity index (χ4v) is 2.22. The van der Waals surface area contributed by atoms with Gasteiger partial charge >= 0.3 is 0 Å². The average molecular weight is 341 g/mol. The summed E-state index contributed by atoms with van der Waals surface area (Å²) in [7, 11) is 0. The maximum atomic E-state index is 12.5. The Hall–Kier alpha value is -1.36.